The van der Waals surface area contributed by atoms with Crippen LogP contribution in [0.15, 0.2) is 12.2 Å². The number of allylic oxidation sites excluding steroid dienone is 2. The maximum atomic E-state index is 5.67. The van der Waals surface area contributed by atoms with Crippen LogP contribution in [0.25, 0.3) is 0 Å². The van der Waals surface area contributed by atoms with Crippen LogP contribution >= 0.6 is 0 Å². The Morgan fingerprint density at radius 3 is 2.89 bits per heavy atom. The van der Waals surface area contributed by atoms with E-state index in [0.717, 1.165) is 43.9 Å². The summed E-state index contributed by atoms with van der Waals surface area (Å²) in [4.78, 5) is 0. The zero-order valence-corrected chi connectivity index (χ0v) is 11.5. The van der Waals surface area contributed by atoms with Gasteiger partial charge in [-0.05, 0) is 37.5 Å². The van der Waals surface area contributed by atoms with Gasteiger partial charge >= 0.3 is 0 Å². The van der Waals surface area contributed by atoms with Crippen molar-refractivity contribution in [1.82, 2.24) is 5.32 Å². The Morgan fingerprint density at radius 1 is 1.44 bits per heavy atom. The lowest BCUT2D eigenvalue weighted by Gasteiger charge is -2.32. The predicted octanol–water partition coefficient (Wildman–Crippen LogP) is 1.98. The Balaban J connectivity index is 1.52. The first-order valence-corrected chi connectivity index (χ1v) is 7.27. The highest BCUT2D eigenvalue weighted by atomic mass is 16.5. The standard InChI is InChI=1S/C15H25NO2/c1-11(14-8-12-3-4-13(14)7-12)16-9-15(17-2)5-6-18-10-15/h3-4,11-14,16H,5-10H2,1-2H3. The summed E-state index contributed by atoms with van der Waals surface area (Å²) in [7, 11) is 1.81. The molecule has 1 N–H and O–H groups in total. The number of rotatable bonds is 5. The van der Waals surface area contributed by atoms with Crippen LogP contribution in [0.2, 0.25) is 0 Å². The molecule has 2 aliphatic carbocycles. The average Bonchev–Trinajstić information content (AvgIpc) is 3.12. The monoisotopic (exact) mass is 251 g/mol. The van der Waals surface area contributed by atoms with Crippen LogP contribution in [-0.4, -0.2) is 38.5 Å². The van der Waals surface area contributed by atoms with E-state index in [0.29, 0.717) is 6.04 Å². The Bertz CT molecular complexity index is 322. The molecule has 1 saturated heterocycles. The number of nitrogens with one attached hydrogen (secondary N) is 1. The van der Waals surface area contributed by atoms with Crippen molar-refractivity contribution in [3.05, 3.63) is 12.2 Å². The number of methoxy groups -OCH3 is 1. The average molecular weight is 251 g/mol. The van der Waals surface area contributed by atoms with Crippen LogP contribution in [-0.2, 0) is 9.47 Å². The summed E-state index contributed by atoms with van der Waals surface area (Å²) in [6, 6.07) is 0.581. The summed E-state index contributed by atoms with van der Waals surface area (Å²) in [5, 5.41) is 3.70. The van der Waals surface area contributed by atoms with E-state index in [9.17, 15) is 0 Å². The topological polar surface area (TPSA) is 30.5 Å². The largest absolute Gasteiger partial charge is 0.378 e. The molecule has 102 valence electrons. The molecule has 5 atom stereocenters. The quantitative estimate of drug-likeness (QED) is 0.758. The number of fused-ring (bicyclic) bond motifs is 2. The highest BCUT2D eigenvalue weighted by molar-refractivity contribution is 5.11. The third-order valence-corrected chi connectivity index (χ3v) is 5.22. The second-order valence-corrected chi connectivity index (χ2v) is 6.30. The first-order chi connectivity index (χ1) is 8.72. The molecule has 0 aromatic heterocycles. The summed E-state index contributed by atoms with van der Waals surface area (Å²) in [6.07, 6.45) is 8.61. The zero-order chi connectivity index (χ0) is 12.6. The summed E-state index contributed by atoms with van der Waals surface area (Å²) in [5.41, 5.74) is -0.0816. The van der Waals surface area contributed by atoms with Crippen molar-refractivity contribution in [2.45, 2.75) is 37.8 Å². The molecule has 3 aliphatic rings. The fraction of sp³-hybridized carbons (Fsp3) is 0.867. The molecular formula is C15H25NO2. The van der Waals surface area contributed by atoms with Gasteiger partial charge in [0, 0.05) is 32.7 Å². The molecule has 3 nitrogen and oxygen atoms in total. The van der Waals surface area contributed by atoms with Crippen molar-refractivity contribution in [3.63, 3.8) is 0 Å². The van der Waals surface area contributed by atoms with E-state index in [1.54, 1.807) is 7.11 Å². The molecule has 1 aliphatic heterocycles. The van der Waals surface area contributed by atoms with Gasteiger partial charge in [-0.25, -0.2) is 0 Å². The molecule has 0 radical (unpaired) electrons. The Kier molecular flexibility index (Phi) is 3.48. The van der Waals surface area contributed by atoms with Crippen molar-refractivity contribution in [2.24, 2.45) is 17.8 Å². The van der Waals surface area contributed by atoms with Gasteiger partial charge in [-0.15, -0.1) is 0 Å². The van der Waals surface area contributed by atoms with E-state index < -0.39 is 0 Å². The molecule has 18 heavy (non-hydrogen) atoms. The summed E-state index contributed by atoms with van der Waals surface area (Å²) in [6.45, 7) is 4.82. The molecular weight excluding hydrogens is 226 g/mol. The number of hydrogen-bond acceptors (Lipinski definition) is 3. The Morgan fingerprint density at radius 2 is 2.33 bits per heavy atom. The number of hydrogen-bond donors (Lipinski definition) is 1. The minimum Gasteiger partial charge on any atom is -0.378 e. The van der Waals surface area contributed by atoms with Crippen LogP contribution in [0.5, 0.6) is 0 Å². The van der Waals surface area contributed by atoms with Gasteiger partial charge in [-0.1, -0.05) is 12.2 Å². The molecule has 3 heteroatoms. The molecule has 5 unspecified atom stereocenters. The molecule has 3 rings (SSSR count). The second-order valence-electron chi connectivity index (χ2n) is 6.30. The van der Waals surface area contributed by atoms with Crippen molar-refractivity contribution >= 4 is 0 Å². The zero-order valence-electron chi connectivity index (χ0n) is 11.5. The second kappa shape index (κ2) is 4.95. The smallest absolute Gasteiger partial charge is 0.106 e. The lowest BCUT2D eigenvalue weighted by Crippen LogP contribution is -2.48. The highest BCUT2D eigenvalue weighted by Crippen LogP contribution is 2.44. The molecule has 1 heterocycles. The minimum atomic E-state index is -0.0816. The summed E-state index contributed by atoms with van der Waals surface area (Å²) < 4.78 is 11.2. The van der Waals surface area contributed by atoms with Crippen molar-refractivity contribution in [3.8, 4) is 0 Å². The first-order valence-electron chi connectivity index (χ1n) is 7.27. The predicted molar refractivity (Wildman–Crippen MR) is 71.5 cm³/mol. The molecule has 0 aromatic rings. The van der Waals surface area contributed by atoms with E-state index >= 15 is 0 Å². The summed E-state index contributed by atoms with van der Waals surface area (Å²) >= 11 is 0. The maximum absolute atomic E-state index is 5.67. The highest BCUT2D eigenvalue weighted by Gasteiger charge is 2.40. The van der Waals surface area contributed by atoms with Crippen LogP contribution in [0.3, 0.4) is 0 Å². The van der Waals surface area contributed by atoms with Gasteiger partial charge in [-0.3, -0.25) is 0 Å². The number of ether oxygens (including phenoxy) is 2. The van der Waals surface area contributed by atoms with Gasteiger partial charge < -0.3 is 14.8 Å². The van der Waals surface area contributed by atoms with Gasteiger partial charge in [0.1, 0.15) is 5.60 Å². The molecule has 0 amide bonds. The lowest BCUT2D eigenvalue weighted by atomic mass is 9.87. The van der Waals surface area contributed by atoms with Crippen LogP contribution in [0, 0.1) is 17.8 Å². The first kappa shape index (κ1) is 12.6. The van der Waals surface area contributed by atoms with Crippen molar-refractivity contribution in [2.75, 3.05) is 26.9 Å². The van der Waals surface area contributed by atoms with Gasteiger partial charge in [0.2, 0.25) is 0 Å². The van der Waals surface area contributed by atoms with E-state index in [4.69, 9.17) is 9.47 Å². The van der Waals surface area contributed by atoms with Crippen molar-refractivity contribution in [1.29, 1.82) is 0 Å². The van der Waals surface area contributed by atoms with E-state index in [-0.39, 0.29) is 5.60 Å². The fourth-order valence-corrected chi connectivity index (χ4v) is 3.86. The fourth-order valence-electron chi connectivity index (χ4n) is 3.86. The van der Waals surface area contributed by atoms with Crippen LogP contribution in [0.1, 0.15) is 26.2 Å². The van der Waals surface area contributed by atoms with Gasteiger partial charge in [0.05, 0.1) is 6.61 Å². The molecule has 2 bridgehead atoms. The third-order valence-electron chi connectivity index (χ3n) is 5.22. The SMILES string of the molecule is COC1(CNC(C)C2CC3C=CC2C3)CCOC1. The van der Waals surface area contributed by atoms with E-state index in [1.807, 2.05) is 0 Å². The lowest BCUT2D eigenvalue weighted by molar-refractivity contribution is -0.0185. The molecule has 2 fully saturated rings. The van der Waals surface area contributed by atoms with Gasteiger partial charge in [0.25, 0.3) is 0 Å². The van der Waals surface area contributed by atoms with Gasteiger partial charge in [-0.2, -0.15) is 0 Å². The molecule has 0 spiro atoms. The van der Waals surface area contributed by atoms with E-state index in [2.05, 4.69) is 24.4 Å². The Hall–Kier alpha value is -0.380. The molecule has 1 saturated carbocycles. The van der Waals surface area contributed by atoms with Gasteiger partial charge in [0.15, 0.2) is 0 Å². The van der Waals surface area contributed by atoms with Crippen LogP contribution < -0.4 is 5.32 Å². The third kappa shape index (κ3) is 2.24. The maximum Gasteiger partial charge on any atom is 0.106 e. The van der Waals surface area contributed by atoms with Crippen molar-refractivity contribution < 1.29 is 9.47 Å². The van der Waals surface area contributed by atoms with Crippen LogP contribution in [0.4, 0.5) is 0 Å². The molecule has 0 aromatic carbocycles. The van der Waals surface area contributed by atoms with E-state index in [1.165, 1.54) is 12.8 Å². The minimum absolute atomic E-state index is 0.0816. The summed E-state index contributed by atoms with van der Waals surface area (Å²) in [5.74, 6) is 2.49. The normalized spacial score (nSPS) is 43.8. The Labute approximate surface area is 110 Å².